The molecule has 2 aromatic rings. The molecule has 0 aliphatic heterocycles. The largest absolute Gasteiger partial charge is 0.497 e. The van der Waals surface area contributed by atoms with E-state index in [2.05, 4.69) is 67.5 Å². The fraction of sp³-hybridized carbons (Fsp3) is 0.222. The highest BCUT2D eigenvalue weighted by Crippen LogP contribution is 2.16. The van der Waals surface area contributed by atoms with Crippen molar-refractivity contribution in [1.82, 2.24) is 4.90 Å². The van der Waals surface area contributed by atoms with Crippen molar-refractivity contribution in [2.45, 2.75) is 6.54 Å². The molecule has 0 amide bonds. The van der Waals surface area contributed by atoms with Crippen LogP contribution in [0.15, 0.2) is 48.5 Å². The van der Waals surface area contributed by atoms with Crippen LogP contribution in [0.2, 0.25) is 0 Å². The van der Waals surface area contributed by atoms with Gasteiger partial charge in [-0.15, -0.1) is 0 Å². The molecule has 104 valence electrons. The van der Waals surface area contributed by atoms with Gasteiger partial charge in [-0.3, -0.25) is 0 Å². The van der Waals surface area contributed by atoms with Crippen LogP contribution in [-0.4, -0.2) is 26.1 Å². The molecule has 0 saturated carbocycles. The first-order valence-corrected chi connectivity index (χ1v) is 6.74. The first kappa shape index (κ1) is 14.4. The van der Waals surface area contributed by atoms with Gasteiger partial charge in [0.05, 0.1) is 7.11 Å². The van der Waals surface area contributed by atoms with Crippen LogP contribution < -0.4 is 4.74 Å². The van der Waals surface area contributed by atoms with Crippen molar-refractivity contribution >= 4 is 12.2 Å². The third kappa shape index (κ3) is 3.97. The summed E-state index contributed by atoms with van der Waals surface area (Å²) in [5.74, 6) is 0.884. The minimum absolute atomic E-state index is 0.884. The molecule has 0 N–H and O–H groups in total. The summed E-state index contributed by atoms with van der Waals surface area (Å²) in [4.78, 5) is 2.18. The highest BCUT2D eigenvalue weighted by Gasteiger charge is 2.00. The molecule has 0 aliphatic rings. The monoisotopic (exact) mass is 267 g/mol. The Bertz CT molecular complexity index is 570. The first-order valence-electron chi connectivity index (χ1n) is 6.74. The van der Waals surface area contributed by atoms with Crippen molar-refractivity contribution in [3.63, 3.8) is 0 Å². The van der Waals surface area contributed by atoms with Gasteiger partial charge in [0.1, 0.15) is 5.75 Å². The van der Waals surface area contributed by atoms with Crippen LogP contribution in [0.1, 0.15) is 16.7 Å². The average molecular weight is 267 g/mol. The van der Waals surface area contributed by atoms with E-state index in [0.29, 0.717) is 0 Å². The maximum Gasteiger partial charge on any atom is 0.118 e. The Kier molecular flexibility index (Phi) is 4.97. The fourth-order valence-electron chi connectivity index (χ4n) is 2.08. The summed E-state index contributed by atoms with van der Waals surface area (Å²) in [6.45, 7) is 0.948. The van der Waals surface area contributed by atoms with E-state index in [1.54, 1.807) is 7.11 Å². The molecule has 0 spiro atoms. The van der Waals surface area contributed by atoms with Gasteiger partial charge in [0.15, 0.2) is 0 Å². The highest BCUT2D eigenvalue weighted by atomic mass is 16.5. The Morgan fingerprint density at radius 2 is 1.65 bits per heavy atom. The number of rotatable bonds is 5. The number of hydrogen-bond acceptors (Lipinski definition) is 2. The smallest absolute Gasteiger partial charge is 0.118 e. The van der Waals surface area contributed by atoms with Gasteiger partial charge in [-0.05, 0) is 42.9 Å². The van der Waals surface area contributed by atoms with E-state index in [1.807, 2.05) is 12.1 Å². The van der Waals surface area contributed by atoms with Gasteiger partial charge < -0.3 is 9.64 Å². The van der Waals surface area contributed by atoms with Crippen LogP contribution in [0.4, 0.5) is 0 Å². The van der Waals surface area contributed by atoms with E-state index in [1.165, 1.54) is 16.7 Å². The van der Waals surface area contributed by atoms with Crippen molar-refractivity contribution in [2.75, 3.05) is 21.2 Å². The van der Waals surface area contributed by atoms with E-state index < -0.39 is 0 Å². The van der Waals surface area contributed by atoms with Gasteiger partial charge in [-0.25, -0.2) is 0 Å². The van der Waals surface area contributed by atoms with Crippen LogP contribution in [-0.2, 0) is 6.54 Å². The van der Waals surface area contributed by atoms with Crippen molar-refractivity contribution in [3.05, 3.63) is 65.2 Å². The standard InChI is InChI=1S/C18H21NO/c1-19(2)14-17-7-5-4-6-16(17)11-8-15-9-12-18(20-3)13-10-15/h4-13H,14H2,1-3H3/b11-8-. The third-order valence-corrected chi connectivity index (χ3v) is 3.11. The van der Waals surface area contributed by atoms with E-state index >= 15 is 0 Å². The third-order valence-electron chi connectivity index (χ3n) is 3.11. The van der Waals surface area contributed by atoms with E-state index in [9.17, 15) is 0 Å². The Hall–Kier alpha value is -2.06. The van der Waals surface area contributed by atoms with Gasteiger partial charge in [0, 0.05) is 6.54 Å². The van der Waals surface area contributed by atoms with Gasteiger partial charge in [-0.1, -0.05) is 48.6 Å². The summed E-state index contributed by atoms with van der Waals surface area (Å²) >= 11 is 0. The number of hydrogen-bond donors (Lipinski definition) is 0. The molecule has 0 saturated heterocycles. The van der Waals surface area contributed by atoms with Crippen LogP contribution in [0.25, 0.3) is 12.2 Å². The van der Waals surface area contributed by atoms with Crippen molar-refractivity contribution in [1.29, 1.82) is 0 Å². The molecule has 0 aliphatic carbocycles. The van der Waals surface area contributed by atoms with Crippen LogP contribution in [0.5, 0.6) is 5.75 Å². The Morgan fingerprint density at radius 3 is 2.30 bits per heavy atom. The summed E-state index contributed by atoms with van der Waals surface area (Å²) in [7, 11) is 5.86. The predicted octanol–water partition coefficient (Wildman–Crippen LogP) is 3.93. The normalized spacial score (nSPS) is 11.2. The summed E-state index contributed by atoms with van der Waals surface area (Å²) in [6.07, 6.45) is 4.30. The molecular weight excluding hydrogens is 246 g/mol. The molecule has 0 unspecified atom stereocenters. The lowest BCUT2D eigenvalue weighted by Gasteiger charge is -2.12. The maximum absolute atomic E-state index is 5.17. The first-order chi connectivity index (χ1) is 9.69. The summed E-state index contributed by atoms with van der Waals surface area (Å²) in [6, 6.07) is 16.6. The maximum atomic E-state index is 5.17. The lowest BCUT2D eigenvalue weighted by atomic mass is 10.1. The Labute approximate surface area is 121 Å². The molecular formula is C18H21NO. The quantitative estimate of drug-likeness (QED) is 0.761. The average Bonchev–Trinajstić information content (AvgIpc) is 2.46. The molecule has 0 atom stereocenters. The highest BCUT2D eigenvalue weighted by molar-refractivity contribution is 5.71. The van der Waals surface area contributed by atoms with Crippen molar-refractivity contribution < 1.29 is 4.74 Å². The molecule has 0 bridgehead atoms. The van der Waals surface area contributed by atoms with Gasteiger partial charge in [-0.2, -0.15) is 0 Å². The molecule has 0 radical (unpaired) electrons. The number of nitrogens with zero attached hydrogens (tertiary/aromatic N) is 1. The van der Waals surface area contributed by atoms with Gasteiger partial charge in [0.25, 0.3) is 0 Å². The zero-order valence-electron chi connectivity index (χ0n) is 12.3. The van der Waals surface area contributed by atoms with E-state index in [-0.39, 0.29) is 0 Å². The molecule has 2 rings (SSSR count). The zero-order valence-corrected chi connectivity index (χ0v) is 12.3. The lowest BCUT2D eigenvalue weighted by Crippen LogP contribution is -2.11. The Balaban J connectivity index is 2.17. The molecule has 2 aromatic carbocycles. The number of methoxy groups -OCH3 is 1. The lowest BCUT2D eigenvalue weighted by molar-refractivity contribution is 0.402. The van der Waals surface area contributed by atoms with Crippen LogP contribution in [0.3, 0.4) is 0 Å². The number of ether oxygens (including phenoxy) is 1. The second kappa shape index (κ2) is 6.92. The fourth-order valence-corrected chi connectivity index (χ4v) is 2.08. The SMILES string of the molecule is COc1ccc(/C=C\c2ccccc2CN(C)C)cc1. The molecule has 2 nitrogen and oxygen atoms in total. The summed E-state index contributed by atoms with van der Waals surface area (Å²) < 4.78 is 5.17. The number of benzene rings is 2. The second-order valence-electron chi connectivity index (χ2n) is 5.04. The Morgan fingerprint density at radius 1 is 0.950 bits per heavy atom. The predicted molar refractivity (Wildman–Crippen MR) is 85.8 cm³/mol. The topological polar surface area (TPSA) is 12.5 Å². The van der Waals surface area contributed by atoms with E-state index in [4.69, 9.17) is 4.74 Å². The minimum atomic E-state index is 0.884. The molecule has 0 heterocycles. The zero-order chi connectivity index (χ0) is 14.4. The molecule has 0 fully saturated rings. The van der Waals surface area contributed by atoms with Gasteiger partial charge >= 0.3 is 0 Å². The minimum Gasteiger partial charge on any atom is -0.497 e. The summed E-state index contributed by atoms with van der Waals surface area (Å²) in [5.41, 5.74) is 3.77. The summed E-state index contributed by atoms with van der Waals surface area (Å²) in [5, 5.41) is 0. The van der Waals surface area contributed by atoms with Crippen LogP contribution >= 0.6 is 0 Å². The molecule has 20 heavy (non-hydrogen) atoms. The second-order valence-corrected chi connectivity index (χ2v) is 5.04. The molecule has 2 heteroatoms. The van der Waals surface area contributed by atoms with Crippen molar-refractivity contribution in [3.8, 4) is 5.75 Å². The van der Waals surface area contributed by atoms with Crippen LogP contribution in [0, 0.1) is 0 Å². The van der Waals surface area contributed by atoms with E-state index in [0.717, 1.165) is 12.3 Å². The molecule has 0 aromatic heterocycles. The van der Waals surface area contributed by atoms with Crippen molar-refractivity contribution in [2.24, 2.45) is 0 Å². The van der Waals surface area contributed by atoms with Gasteiger partial charge in [0.2, 0.25) is 0 Å².